The first-order valence-electron chi connectivity index (χ1n) is 9.12. The first-order chi connectivity index (χ1) is 13.7. The van der Waals surface area contributed by atoms with Crippen LogP contribution in [0.1, 0.15) is 30.0 Å². The molecule has 144 valence electrons. The molecule has 2 aromatic heterocycles. The lowest BCUT2D eigenvalue weighted by atomic mass is 10.0. The quantitative estimate of drug-likeness (QED) is 0.617. The van der Waals surface area contributed by atoms with Crippen LogP contribution in [0.15, 0.2) is 65.2 Å². The van der Waals surface area contributed by atoms with Gasteiger partial charge in [-0.1, -0.05) is 6.07 Å². The second-order valence-corrected chi connectivity index (χ2v) is 6.99. The maximum atomic E-state index is 13.2. The minimum atomic E-state index is -0.286. The van der Waals surface area contributed by atoms with Crippen LogP contribution in [0.5, 0.6) is 0 Å². The fourth-order valence-corrected chi connectivity index (χ4v) is 3.81. The monoisotopic (exact) mass is 397 g/mol. The Bertz CT molecular complexity index is 946. The van der Waals surface area contributed by atoms with Crippen molar-refractivity contribution in [2.75, 3.05) is 13.2 Å². The molecule has 28 heavy (non-hydrogen) atoms. The van der Waals surface area contributed by atoms with Gasteiger partial charge in [-0.05, 0) is 67.2 Å². The van der Waals surface area contributed by atoms with E-state index < -0.39 is 0 Å². The molecule has 0 radical (unpaired) electrons. The molecule has 0 bridgehead atoms. The van der Waals surface area contributed by atoms with Gasteiger partial charge in [0.2, 0.25) is 0 Å². The van der Waals surface area contributed by atoms with E-state index in [-0.39, 0.29) is 24.5 Å². The van der Waals surface area contributed by atoms with Crippen LogP contribution in [0.25, 0.3) is 11.3 Å². The van der Waals surface area contributed by atoms with E-state index in [0.29, 0.717) is 23.8 Å². The topological polar surface area (TPSA) is 61.5 Å². The van der Waals surface area contributed by atoms with E-state index >= 15 is 0 Å². The first kappa shape index (κ1) is 18.6. The number of hydrogen-bond acceptors (Lipinski definition) is 4. The summed E-state index contributed by atoms with van der Waals surface area (Å²) in [5, 5.41) is 13.2. The Morgan fingerprint density at radius 2 is 1.96 bits per heavy atom. The van der Waals surface area contributed by atoms with E-state index in [1.165, 1.54) is 12.1 Å². The van der Waals surface area contributed by atoms with E-state index in [2.05, 4.69) is 10.3 Å². The van der Waals surface area contributed by atoms with Crippen molar-refractivity contribution in [3.63, 3.8) is 0 Å². The molecule has 1 aliphatic heterocycles. The molecule has 3 heterocycles. The van der Waals surface area contributed by atoms with Crippen LogP contribution >= 0.6 is 12.2 Å². The Hall–Kier alpha value is -2.77. The highest BCUT2D eigenvalue weighted by Gasteiger charge is 2.41. The summed E-state index contributed by atoms with van der Waals surface area (Å²) in [6.45, 7) is 0.683. The molecular formula is C21H20FN3O2S. The van der Waals surface area contributed by atoms with E-state index in [9.17, 15) is 9.50 Å². The van der Waals surface area contributed by atoms with Crippen LogP contribution in [-0.4, -0.2) is 33.3 Å². The van der Waals surface area contributed by atoms with Gasteiger partial charge in [-0.2, -0.15) is 0 Å². The van der Waals surface area contributed by atoms with Gasteiger partial charge in [-0.3, -0.25) is 4.98 Å². The molecule has 1 saturated heterocycles. The Morgan fingerprint density at radius 3 is 2.68 bits per heavy atom. The lowest BCUT2D eigenvalue weighted by Crippen LogP contribution is -2.30. The Kier molecular flexibility index (Phi) is 5.36. The number of benzene rings is 1. The molecular weight excluding hydrogens is 377 g/mol. The number of aliphatic hydroxyl groups excluding tert-OH is 1. The molecule has 0 unspecified atom stereocenters. The van der Waals surface area contributed by atoms with Crippen molar-refractivity contribution in [2.45, 2.75) is 18.5 Å². The number of rotatable bonds is 6. The zero-order valence-corrected chi connectivity index (χ0v) is 15.9. The largest absolute Gasteiger partial charge is 0.459 e. The van der Waals surface area contributed by atoms with Gasteiger partial charge in [0.05, 0.1) is 11.7 Å². The highest BCUT2D eigenvalue weighted by Crippen LogP contribution is 2.40. The van der Waals surface area contributed by atoms with Crippen LogP contribution in [0, 0.1) is 5.82 Å². The number of pyridine rings is 1. The molecule has 0 aliphatic carbocycles. The molecule has 0 amide bonds. The maximum absolute atomic E-state index is 13.2. The zero-order chi connectivity index (χ0) is 19.5. The molecule has 2 N–H and O–H groups in total. The minimum Gasteiger partial charge on any atom is -0.459 e. The predicted molar refractivity (Wildman–Crippen MR) is 108 cm³/mol. The number of aliphatic hydroxyl groups is 1. The number of aromatic nitrogens is 1. The summed E-state index contributed by atoms with van der Waals surface area (Å²) in [5.41, 5.74) is 1.67. The van der Waals surface area contributed by atoms with Crippen molar-refractivity contribution in [3.05, 3.63) is 78.1 Å². The van der Waals surface area contributed by atoms with Gasteiger partial charge >= 0.3 is 0 Å². The first-order valence-corrected chi connectivity index (χ1v) is 9.53. The lowest BCUT2D eigenvalue weighted by Gasteiger charge is -2.25. The van der Waals surface area contributed by atoms with Crippen LogP contribution in [0.3, 0.4) is 0 Å². The Morgan fingerprint density at radius 1 is 1.14 bits per heavy atom. The number of nitrogens with one attached hydrogen (secondary N) is 1. The number of hydrogen-bond donors (Lipinski definition) is 2. The molecule has 7 heteroatoms. The number of thiocarbonyl (C=S) groups is 1. The Labute approximate surface area is 167 Å². The second-order valence-electron chi connectivity index (χ2n) is 6.61. The van der Waals surface area contributed by atoms with E-state index in [1.807, 2.05) is 35.2 Å². The summed E-state index contributed by atoms with van der Waals surface area (Å²) in [6, 6.07) is 15.4. The van der Waals surface area contributed by atoms with Crippen LogP contribution < -0.4 is 5.32 Å². The molecule has 5 nitrogen and oxygen atoms in total. The Balaban J connectivity index is 1.70. The molecule has 1 aromatic carbocycles. The van der Waals surface area contributed by atoms with E-state index in [0.717, 1.165) is 17.0 Å². The fourth-order valence-electron chi connectivity index (χ4n) is 3.48. The second kappa shape index (κ2) is 8.08. The van der Waals surface area contributed by atoms with Gasteiger partial charge in [0.1, 0.15) is 23.4 Å². The minimum absolute atomic E-state index is 0.0824. The van der Waals surface area contributed by atoms with Crippen molar-refractivity contribution in [1.29, 1.82) is 0 Å². The SMILES string of the molecule is OCCCN1C(=S)N[C@@H](c2ccccn2)[C@H]1c1ccc(-c2ccc(F)cc2)o1. The molecule has 1 fully saturated rings. The van der Waals surface area contributed by atoms with Crippen molar-refractivity contribution in [1.82, 2.24) is 15.2 Å². The third kappa shape index (κ3) is 3.63. The summed E-state index contributed by atoms with van der Waals surface area (Å²) < 4.78 is 19.4. The summed E-state index contributed by atoms with van der Waals surface area (Å²) >= 11 is 5.54. The fraction of sp³-hybridized carbons (Fsp3) is 0.238. The van der Waals surface area contributed by atoms with Gasteiger partial charge in [0.25, 0.3) is 0 Å². The summed E-state index contributed by atoms with van der Waals surface area (Å²) in [7, 11) is 0. The number of halogens is 1. The number of furan rings is 1. The van der Waals surface area contributed by atoms with Crippen molar-refractivity contribution < 1.29 is 13.9 Å². The van der Waals surface area contributed by atoms with E-state index in [4.69, 9.17) is 16.6 Å². The molecule has 4 rings (SSSR count). The van der Waals surface area contributed by atoms with Crippen LogP contribution in [-0.2, 0) is 0 Å². The smallest absolute Gasteiger partial charge is 0.170 e. The normalized spacial score (nSPS) is 19.1. The summed E-state index contributed by atoms with van der Waals surface area (Å²) in [4.78, 5) is 6.50. The highest BCUT2D eigenvalue weighted by atomic mass is 32.1. The number of nitrogens with zero attached hydrogens (tertiary/aromatic N) is 2. The standard InChI is InChI=1S/C21H20FN3O2S/c22-15-7-5-14(6-8-15)17-9-10-18(27-17)20-19(16-4-1-2-11-23-16)24-21(28)25(20)12-3-13-26/h1-2,4-11,19-20,26H,3,12-13H2,(H,24,28)/t19-,20+/m0/s1. The maximum Gasteiger partial charge on any atom is 0.170 e. The van der Waals surface area contributed by atoms with Gasteiger partial charge in [0, 0.05) is 24.9 Å². The summed E-state index contributed by atoms with van der Waals surface area (Å²) in [5.74, 6) is 1.11. The van der Waals surface area contributed by atoms with Crippen molar-refractivity contribution in [2.24, 2.45) is 0 Å². The van der Waals surface area contributed by atoms with E-state index in [1.54, 1.807) is 18.3 Å². The van der Waals surface area contributed by atoms with Crippen molar-refractivity contribution >= 4 is 17.3 Å². The third-order valence-electron chi connectivity index (χ3n) is 4.80. The molecule has 0 saturated carbocycles. The molecule has 2 atom stereocenters. The van der Waals surface area contributed by atoms with Gasteiger partial charge in [-0.15, -0.1) is 0 Å². The van der Waals surface area contributed by atoms with Crippen LogP contribution in [0.4, 0.5) is 4.39 Å². The van der Waals surface area contributed by atoms with Crippen molar-refractivity contribution in [3.8, 4) is 11.3 Å². The average Bonchev–Trinajstić information content (AvgIpc) is 3.32. The van der Waals surface area contributed by atoms with Crippen LogP contribution in [0.2, 0.25) is 0 Å². The lowest BCUT2D eigenvalue weighted by molar-refractivity contribution is 0.233. The highest BCUT2D eigenvalue weighted by molar-refractivity contribution is 7.80. The van der Waals surface area contributed by atoms with Gasteiger partial charge in [-0.25, -0.2) is 4.39 Å². The summed E-state index contributed by atoms with van der Waals surface area (Å²) in [6.07, 6.45) is 2.35. The molecule has 1 aliphatic rings. The average molecular weight is 397 g/mol. The predicted octanol–water partition coefficient (Wildman–Crippen LogP) is 3.84. The third-order valence-corrected chi connectivity index (χ3v) is 5.15. The molecule has 0 spiro atoms. The molecule has 3 aromatic rings. The van der Waals surface area contributed by atoms with Gasteiger partial charge in [0.15, 0.2) is 5.11 Å². The van der Waals surface area contributed by atoms with Gasteiger partial charge < -0.3 is 19.7 Å². The zero-order valence-electron chi connectivity index (χ0n) is 15.1.